The van der Waals surface area contributed by atoms with Crippen LogP contribution in [0.25, 0.3) is 10.8 Å². The highest BCUT2D eigenvalue weighted by Crippen LogP contribution is 2.30. The highest BCUT2D eigenvalue weighted by Gasteiger charge is 2.23. The second-order valence-corrected chi connectivity index (χ2v) is 8.23. The maximum absolute atomic E-state index is 15.1. The monoisotopic (exact) mass is 428 g/mol. The molecule has 0 saturated carbocycles. The number of benzene rings is 3. The minimum Gasteiger partial charge on any atom is -0.385 e. The summed E-state index contributed by atoms with van der Waals surface area (Å²) in [5.41, 5.74) is 2.78. The SMILES string of the molecule is COCCC1COC(c2ccc3c(F)c(CCc4ccc(Cl)cc4)ccc3c2)OC1. The molecule has 0 bridgehead atoms. The number of fused-ring (bicyclic) bond motifs is 1. The molecule has 4 rings (SSSR count). The third-order valence-corrected chi connectivity index (χ3v) is 5.88. The molecular formula is C25H26ClFO3. The van der Waals surface area contributed by atoms with Crippen LogP contribution in [-0.4, -0.2) is 26.9 Å². The van der Waals surface area contributed by atoms with E-state index in [0.717, 1.165) is 34.9 Å². The molecule has 30 heavy (non-hydrogen) atoms. The first-order valence-corrected chi connectivity index (χ1v) is 10.7. The van der Waals surface area contributed by atoms with Crippen LogP contribution in [0.15, 0.2) is 54.6 Å². The number of aryl methyl sites for hydroxylation is 2. The highest BCUT2D eigenvalue weighted by atomic mass is 35.5. The summed E-state index contributed by atoms with van der Waals surface area (Å²) < 4.78 is 32.0. The molecular weight excluding hydrogens is 403 g/mol. The number of ether oxygens (including phenoxy) is 3. The van der Waals surface area contributed by atoms with Gasteiger partial charge in [-0.15, -0.1) is 0 Å². The smallest absolute Gasteiger partial charge is 0.183 e. The van der Waals surface area contributed by atoms with Crippen molar-refractivity contribution in [2.24, 2.45) is 5.92 Å². The van der Waals surface area contributed by atoms with Crippen molar-refractivity contribution in [2.75, 3.05) is 26.9 Å². The Kier molecular flexibility index (Phi) is 7.00. The van der Waals surface area contributed by atoms with Gasteiger partial charge in [0.15, 0.2) is 6.29 Å². The van der Waals surface area contributed by atoms with Crippen molar-refractivity contribution in [3.63, 3.8) is 0 Å². The number of halogens is 2. The lowest BCUT2D eigenvalue weighted by molar-refractivity contribution is -0.207. The summed E-state index contributed by atoms with van der Waals surface area (Å²) in [5.74, 6) is 0.195. The Morgan fingerprint density at radius 2 is 1.77 bits per heavy atom. The molecule has 1 saturated heterocycles. The molecule has 5 heteroatoms. The van der Waals surface area contributed by atoms with E-state index in [1.807, 2.05) is 54.6 Å². The van der Waals surface area contributed by atoms with Crippen LogP contribution >= 0.6 is 11.6 Å². The Hall–Kier alpha value is -1.98. The Balaban J connectivity index is 1.44. The zero-order valence-corrected chi connectivity index (χ0v) is 17.8. The number of hydrogen-bond acceptors (Lipinski definition) is 3. The second kappa shape index (κ2) is 9.88. The van der Waals surface area contributed by atoms with E-state index in [2.05, 4.69) is 0 Å². The lowest BCUT2D eigenvalue weighted by atomic mass is 9.99. The van der Waals surface area contributed by atoms with Gasteiger partial charge in [0.05, 0.1) is 13.2 Å². The molecule has 0 unspecified atom stereocenters. The molecule has 0 spiro atoms. The van der Waals surface area contributed by atoms with Gasteiger partial charge in [0.25, 0.3) is 0 Å². The minimum absolute atomic E-state index is 0.155. The fourth-order valence-corrected chi connectivity index (χ4v) is 3.94. The summed E-state index contributed by atoms with van der Waals surface area (Å²) >= 11 is 5.93. The third-order valence-electron chi connectivity index (χ3n) is 5.62. The average Bonchev–Trinajstić information content (AvgIpc) is 2.78. The topological polar surface area (TPSA) is 27.7 Å². The van der Waals surface area contributed by atoms with Gasteiger partial charge in [-0.3, -0.25) is 0 Å². The second-order valence-electron chi connectivity index (χ2n) is 7.79. The maximum Gasteiger partial charge on any atom is 0.183 e. The zero-order chi connectivity index (χ0) is 20.9. The Morgan fingerprint density at radius 3 is 2.50 bits per heavy atom. The standard InChI is InChI=1S/C25H26ClFO3/c1-28-13-12-18-15-29-25(30-16-18)21-8-11-23-20(14-21)7-6-19(24(23)27)5-2-17-3-9-22(26)10-4-17/h3-4,6-11,14,18,25H,2,5,12-13,15-16H2,1H3. The normalized spacial score (nSPS) is 19.3. The van der Waals surface area contributed by atoms with Gasteiger partial charge in [0.2, 0.25) is 0 Å². The van der Waals surface area contributed by atoms with Crippen LogP contribution in [0.4, 0.5) is 4.39 Å². The van der Waals surface area contributed by atoms with Crippen LogP contribution in [0.2, 0.25) is 5.02 Å². The molecule has 0 amide bonds. The van der Waals surface area contributed by atoms with E-state index in [4.69, 9.17) is 25.8 Å². The molecule has 0 aromatic heterocycles. The average molecular weight is 429 g/mol. The molecule has 1 aliphatic rings. The quantitative estimate of drug-likeness (QED) is 0.454. The first kappa shape index (κ1) is 21.3. The molecule has 0 atom stereocenters. The first-order chi connectivity index (χ1) is 14.6. The van der Waals surface area contributed by atoms with E-state index in [0.29, 0.717) is 42.6 Å². The van der Waals surface area contributed by atoms with E-state index in [-0.39, 0.29) is 5.82 Å². The number of hydrogen-bond donors (Lipinski definition) is 0. The predicted octanol–water partition coefficient (Wildman–Crippen LogP) is 6.12. The highest BCUT2D eigenvalue weighted by molar-refractivity contribution is 6.30. The molecule has 1 fully saturated rings. The van der Waals surface area contributed by atoms with Crippen molar-refractivity contribution in [3.05, 3.63) is 82.1 Å². The Labute approximate surface area is 181 Å². The van der Waals surface area contributed by atoms with E-state index in [1.165, 1.54) is 0 Å². The summed E-state index contributed by atoms with van der Waals surface area (Å²) in [6.07, 6.45) is 1.93. The Bertz CT molecular complexity index is 982. The van der Waals surface area contributed by atoms with Crippen molar-refractivity contribution in [3.8, 4) is 0 Å². The zero-order valence-electron chi connectivity index (χ0n) is 17.1. The molecule has 1 heterocycles. The van der Waals surface area contributed by atoms with Gasteiger partial charge in [-0.05, 0) is 54.0 Å². The molecule has 3 aromatic rings. The Morgan fingerprint density at radius 1 is 1.00 bits per heavy atom. The van der Waals surface area contributed by atoms with Crippen molar-refractivity contribution in [1.82, 2.24) is 0 Å². The van der Waals surface area contributed by atoms with Gasteiger partial charge in [-0.2, -0.15) is 0 Å². The van der Waals surface area contributed by atoms with Crippen molar-refractivity contribution in [1.29, 1.82) is 0 Å². The van der Waals surface area contributed by atoms with Crippen molar-refractivity contribution >= 4 is 22.4 Å². The van der Waals surface area contributed by atoms with Gasteiger partial charge < -0.3 is 14.2 Å². The van der Waals surface area contributed by atoms with E-state index >= 15 is 4.39 Å². The van der Waals surface area contributed by atoms with Gasteiger partial charge in [-0.1, -0.05) is 48.0 Å². The predicted molar refractivity (Wildman–Crippen MR) is 117 cm³/mol. The molecule has 158 valence electrons. The van der Waals surface area contributed by atoms with Gasteiger partial charge in [-0.25, -0.2) is 4.39 Å². The summed E-state index contributed by atoms with van der Waals surface area (Å²) in [7, 11) is 1.70. The number of rotatable bonds is 7. The molecule has 0 N–H and O–H groups in total. The van der Waals surface area contributed by atoms with Gasteiger partial charge in [0.1, 0.15) is 5.82 Å². The molecule has 0 aliphatic carbocycles. The fourth-order valence-electron chi connectivity index (χ4n) is 3.81. The molecule has 1 aliphatic heterocycles. The largest absolute Gasteiger partial charge is 0.385 e. The maximum atomic E-state index is 15.1. The van der Waals surface area contributed by atoms with Crippen LogP contribution in [0.3, 0.4) is 0 Å². The van der Waals surface area contributed by atoms with Gasteiger partial charge in [0, 0.05) is 35.6 Å². The molecule has 3 aromatic carbocycles. The first-order valence-electron chi connectivity index (χ1n) is 10.3. The van der Waals surface area contributed by atoms with E-state index < -0.39 is 6.29 Å². The summed E-state index contributed by atoms with van der Waals surface area (Å²) in [4.78, 5) is 0. The van der Waals surface area contributed by atoms with Crippen LogP contribution < -0.4 is 0 Å². The van der Waals surface area contributed by atoms with E-state index in [9.17, 15) is 0 Å². The van der Waals surface area contributed by atoms with Crippen LogP contribution in [-0.2, 0) is 27.1 Å². The minimum atomic E-state index is -0.402. The van der Waals surface area contributed by atoms with Crippen molar-refractivity contribution < 1.29 is 18.6 Å². The van der Waals surface area contributed by atoms with Crippen molar-refractivity contribution in [2.45, 2.75) is 25.6 Å². The van der Waals surface area contributed by atoms with Crippen LogP contribution in [0, 0.1) is 11.7 Å². The fraction of sp³-hybridized carbons (Fsp3) is 0.360. The number of methoxy groups -OCH3 is 1. The van der Waals surface area contributed by atoms with E-state index in [1.54, 1.807) is 7.11 Å². The lowest BCUT2D eigenvalue weighted by Crippen LogP contribution is -2.27. The van der Waals surface area contributed by atoms with Crippen LogP contribution in [0.1, 0.15) is 29.4 Å². The lowest BCUT2D eigenvalue weighted by Gasteiger charge is -2.29. The summed E-state index contributed by atoms with van der Waals surface area (Å²) in [6.45, 7) is 1.99. The summed E-state index contributed by atoms with van der Waals surface area (Å²) in [5, 5.41) is 2.19. The molecule has 3 nitrogen and oxygen atoms in total. The van der Waals surface area contributed by atoms with Gasteiger partial charge >= 0.3 is 0 Å². The van der Waals surface area contributed by atoms with Crippen LogP contribution in [0.5, 0.6) is 0 Å². The third kappa shape index (κ3) is 5.01. The molecule has 0 radical (unpaired) electrons. The summed E-state index contributed by atoms with van der Waals surface area (Å²) in [6, 6.07) is 17.2.